The number of ether oxygens (including phenoxy) is 1. The monoisotopic (exact) mass is 480 g/mol. The molecule has 4 rings (SSSR count). The first-order valence-electron chi connectivity index (χ1n) is 12.0. The average Bonchev–Trinajstić information content (AvgIpc) is 2.79. The number of rotatable bonds is 3. The maximum absolute atomic E-state index is 12.4. The minimum absolute atomic E-state index is 0.241. The van der Waals surface area contributed by atoms with Crippen LogP contribution < -0.4 is 10.6 Å². The van der Waals surface area contributed by atoms with Crippen molar-refractivity contribution >= 4 is 23.3 Å². The molecule has 2 N–H and O–H groups in total. The van der Waals surface area contributed by atoms with Crippen molar-refractivity contribution in [1.29, 1.82) is 0 Å². The number of piperidine rings is 1. The molecule has 1 aliphatic heterocycles. The molecule has 1 amide bonds. The number of aromatic nitrogens is 2. The maximum atomic E-state index is 12.4. The molecule has 2 heterocycles. The first kappa shape index (κ1) is 24.8. The third kappa shape index (κ3) is 4.63. The molecule has 1 saturated heterocycles. The number of benzene rings is 1. The second-order valence-electron chi connectivity index (χ2n) is 10.8. The van der Waals surface area contributed by atoms with Gasteiger partial charge in [0.2, 0.25) is 0 Å². The number of amides is 1. The van der Waals surface area contributed by atoms with Crippen LogP contribution in [0, 0.1) is 0 Å². The molecule has 0 atom stereocenters. The summed E-state index contributed by atoms with van der Waals surface area (Å²) in [5.41, 5.74) is 10.7. The van der Waals surface area contributed by atoms with Gasteiger partial charge in [0, 0.05) is 54.0 Å². The number of anilines is 2. The largest absolute Gasteiger partial charge is 0.444 e. The normalized spacial score (nSPS) is 18.6. The van der Waals surface area contributed by atoms with Gasteiger partial charge in [-0.25, -0.2) is 14.8 Å². The minimum atomic E-state index is -0.528. The van der Waals surface area contributed by atoms with Crippen molar-refractivity contribution in [2.24, 2.45) is 5.16 Å². The van der Waals surface area contributed by atoms with Crippen LogP contribution in [0.2, 0.25) is 0 Å². The van der Waals surface area contributed by atoms with Crippen molar-refractivity contribution in [1.82, 2.24) is 14.9 Å². The second-order valence-corrected chi connectivity index (χ2v) is 10.8. The second kappa shape index (κ2) is 9.02. The first-order valence-corrected chi connectivity index (χ1v) is 12.0. The Morgan fingerprint density at radius 3 is 2.51 bits per heavy atom. The number of fused-ring (bicyclic) bond motifs is 3. The molecule has 2 aliphatic rings. The molecule has 9 nitrogen and oxygen atoms in total. The predicted octanol–water partition coefficient (Wildman–Crippen LogP) is 4.20. The molecular formula is C26H36N6O3. The molecule has 35 heavy (non-hydrogen) atoms. The summed E-state index contributed by atoms with van der Waals surface area (Å²) < 4.78 is 5.54. The molecule has 9 heteroatoms. The van der Waals surface area contributed by atoms with E-state index in [1.54, 1.807) is 12.0 Å². The lowest BCUT2D eigenvalue weighted by Gasteiger charge is -2.39. The number of nitrogen functional groups attached to an aromatic ring is 1. The van der Waals surface area contributed by atoms with Gasteiger partial charge in [0.05, 0.1) is 11.4 Å². The van der Waals surface area contributed by atoms with E-state index in [4.69, 9.17) is 15.3 Å². The number of carbonyl (C=O) groups is 1. The number of nitrogens with two attached hydrogens (primary N) is 1. The summed E-state index contributed by atoms with van der Waals surface area (Å²) >= 11 is 0. The van der Waals surface area contributed by atoms with Gasteiger partial charge in [0.25, 0.3) is 0 Å². The standard InChI is InChI=1S/C26H36N6O3/c1-25(2,3)35-24(33)32-12-10-16(11-13-32)31(6)17-8-9-18-19(14-17)22(30-34-7)26(4,5)20-21(18)28-15-29-23(20)27/h8-9,14-16H,10-13H2,1-7H3,(H2,27,28,29)/b30-22+. The highest BCUT2D eigenvalue weighted by Crippen LogP contribution is 2.45. The zero-order valence-corrected chi connectivity index (χ0v) is 21.8. The van der Waals surface area contributed by atoms with Crippen LogP contribution in [0.3, 0.4) is 0 Å². The summed E-state index contributed by atoms with van der Waals surface area (Å²) in [5, 5.41) is 4.42. The van der Waals surface area contributed by atoms with Crippen LogP contribution in [-0.2, 0) is 15.0 Å². The Morgan fingerprint density at radius 1 is 1.20 bits per heavy atom. The highest BCUT2D eigenvalue weighted by Gasteiger charge is 2.41. The number of hydrogen-bond acceptors (Lipinski definition) is 8. The minimum Gasteiger partial charge on any atom is -0.444 e. The summed E-state index contributed by atoms with van der Waals surface area (Å²) in [6.07, 6.45) is 2.99. The zero-order valence-electron chi connectivity index (χ0n) is 21.8. The zero-order chi connectivity index (χ0) is 25.5. The van der Waals surface area contributed by atoms with Crippen molar-refractivity contribution in [2.75, 3.05) is 37.9 Å². The first-order chi connectivity index (χ1) is 16.4. The molecular weight excluding hydrogens is 444 g/mol. The highest BCUT2D eigenvalue weighted by molar-refractivity contribution is 6.16. The van der Waals surface area contributed by atoms with Gasteiger partial charge in [-0.1, -0.05) is 11.2 Å². The lowest BCUT2D eigenvalue weighted by Crippen LogP contribution is -2.47. The van der Waals surface area contributed by atoms with Gasteiger partial charge in [-0.3, -0.25) is 0 Å². The molecule has 1 fully saturated rings. The Kier molecular flexibility index (Phi) is 6.38. The Morgan fingerprint density at radius 2 is 1.89 bits per heavy atom. The number of nitrogens with zero attached hydrogens (tertiary/aromatic N) is 5. The summed E-state index contributed by atoms with van der Waals surface area (Å²) in [7, 11) is 3.66. The van der Waals surface area contributed by atoms with E-state index in [0.717, 1.165) is 46.6 Å². The molecule has 1 aliphatic carbocycles. The SMILES string of the molecule is CO/N=C1\c2cc(N(C)C3CCN(C(=O)OC(C)(C)C)CC3)ccc2-c2ncnc(N)c2C1(C)C. The summed E-state index contributed by atoms with van der Waals surface area (Å²) in [6.45, 7) is 11.1. The Labute approximate surface area is 207 Å². The molecule has 1 aromatic carbocycles. The molecule has 188 valence electrons. The Bertz CT molecular complexity index is 1150. The number of carbonyl (C=O) groups excluding carboxylic acids is 1. The van der Waals surface area contributed by atoms with Gasteiger partial charge < -0.3 is 25.1 Å². The molecule has 0 unspecified atom stereocenters. The van der Waals surface area contributed by atoms with Crippen molar-refractivity contribution in [3.05, 3.63) is 35.7 Å². The lowest BCUT2D eigenvalue weighted by molar-refractivity contribution is 0.0205. The predicted molar refractivity (Wildman–Crippen MR) is 138 cm³/mol. The molecule has 1 aromatic heterocycles. The van der Waals surface area contributed by atoms with E-state index in [-0.39, 0.29) is 6.09 Å². The molecule has 0 saturated carbocycles. The van der Waals surface area contributed by atoms with E-state index in [9.17, 15) is 4.79 Å². The van der Waals surface area contributed by atoms with E-state index in [1.165, 1.54) is 6.33 Å². The van der Waals surface area contributed by atoms with E-state index in [0.29, 0.717) is 24.9 Å². The van der Waals surface area contributed by atoms with Crippen molar-refractivity contribution in [3.8, 4) is 11.3 Å². The fourth-order valence-corrected chi connectivity index (χ4v) is 5.06. The van der Waals surface area contributed by atoms with E-state index in [2.05, 4.69) is 59.1 Å². The maximum Gasteiger partial charge on any atom is 0.410 e. The number of hydrogen-bond donors (Lipinski definition) is 1. The fraction of sp³-hybridized carbons (Fsp3) is 0.538. The van der Waals surface area contributed by atoms with E-state index < -0.39 is 11.0 Å². The van der Waals surface area contributed by atoms with Gasteiger partial charge in [0.1, 0.15) is 24.9 Å². The summed E-state index contributed by atoms with van der Waals surface area (Å²) in [5.74, 6) is 0.451. The van der Waals surface area contributed by atoms with Crippen molar-refractivity contribution in [3.63, 3.8) is 0 Å². The molecule has 0 radical (unpaired) electrons. The van der Waals surface area contributed by atoms with Crippen LogP contribution >= 0.6 is 0 Å². The van der Waals surface area contributed by atoms with Crippen molar-refractivity contribution in [2.45, 2.75) is 64.5 Å². The highest BCUT2D eigenvalue weighted by atomic mass is 16.6. The van der Waals surface area contributed by atoms with Crippen LogP contribution in [0.4, 0.5) is 16.3 Å². The van der Waals surface area contributed by atoms with Gasteiger partial charge >= 0.3 is 6.09 Å². The van der Waals surface area contributed by atoms with E-state index in [1.807, 2.05) is 20.8 Å². The van der Waals surface area contributed by atoms with E-state index >= 15 is 0 Å². The third-order valence-corrected chi connectivity index (χ3v) is 6.86. The van der Waals surface area contributed by atoms with Crippen LogP contribution in [0.1, 0.15) is 58.6 Å². The summed E-state index contributed by atoms with van der Waals surface area (Å²) in [6, 6.07) is 6.62. The number of oxime groups is 1. The smallest absolute Gasteiger partial charge is 0.410 e. The van der Waals surface area contributed by atoms with Crippen LogP contribution in [0.5, 0.6) is 0 Å². The fourth-order valence-electron chi connectivity index (χ4n) is 5.06. The summed E-state index contributed by atoms with van der Waals surface area (Å²) in [4.78, 5) is 30.6. The van der Waals surface area contributed by atoms with Crippen LogP contribution in [0.25, 0.3) is 11.3 Å². The van der Waals surface area contributed by atoms with Crippen LogP contribution in [-0.4, -0.2) is 65.6 Å². The topological polar surface area (TPSA) is 106 Å². The van der Waals surface area contributed by atoms with Gasteiger partial charge in [-0.15, -0.1) is 0 Å². The third-order valence-electron chi connectivity index (χ3n) is 6.86. The number of likely N-dealkylation sites (tertiary alicyclic amines) is 1. The Hall–Kier alpha value is -3.36. The Balaban J connectivity index is 1.61. The molecule has 0 bridgehead atoms. The van der Waals surface area contributed by atoms with Crippen LogP contribution in [0.15, 0.2) is 29.7 Å². The van der Waals surface area contributed by atoms with Crippen molar-refractivity contribution < 1.29 is 14.4 Å². The van der Waals surface area contributed by atoms with Gasteiger partial charge in [0.15, 0.2) is 0 Å². The molecule has 2 aromatic rings. The average molecular weight is 481 g/mol. The molecule has 0 spiro atoms. The van der Waals surface area contributed by atoms with Gasteiger partial charge in [-0.2, -0.15) is 0 Å². The lowest BCUT2D eigenvalue weighted by atomic mass is 9.70. The van der Waals surface area contributed by atoms with Gasteiger partial charge in [-0.05, 0) is 59.6 Å². The quantitative estimate of drug-likeness (QED) is 0.656.